The van der Waals surface area contributed by atoms with Gasteiger partial charge in [-0.15, -0.1) is 11.6 Å². The molecule has 2 amide bonds. The van der Waals surface area contributed by atoms with Crippen LogP contribution >= 0.6 is 23.2 Å². The summed E-state index contributed by atoms with van der Waals surface area (Å²) >= 11 is 11.7. The van der Waals surface area contributed by atoms with Crippen LogP contribution in [-0.4, -0.2) is 48.8 Å². The lowest BCUT2D eigenvalue weighted by Crippen LogP contribution is -2.37. The van der Waals surface area contributed by atoms with Crippen LogP contribution in [-0.2, 0) is 16.0 Å². The van der Waals surface area contributed by atoms with Crippen molar-refractivity contribution in [3.63, 3.8) is 0 Å². The molecule has 1 aromatic heterocycles. The molecule has 1 aromatic carbocycles. The third-order valence-corrected chi connectivity index (χ3v) is 6.23. The van der Waals surface area contributed by atoms with Crippen LogP contribution in [0.15, 0.2) is 27.7 Å². The van der Waals surface area contributed by atoms with Crippen LogP contribution in [0.1, 0.15) is 59.0 Å². The molecule has 1 saturated carbocycles. The number of aromatic nitrogens is 1. The fourth-order valence-corrected chi connectivity index (χ4v) is 4.27. The average molecular weight is 526 g/mol. The summed E-state index contributed by atoms with van der Waals surface area (Å²) in [5.41, 5.74) is 8.10. The van der Waals surface area contributed by atoms with Gasteiger partial charge in [0.05, 0.1) is 34.9 Å². The normalized spacial score (nSPS) is 18.2. The van der Waals surface area contributed by atoms with Crippen molar-refractivity contribution in [1.82, 2.24) is 10.5 Å². The number of nitrogens with two attached hydrogens (primary N) is 1. The second kappa shape index (κ2) is 12.8. The largest absolute Gasteiger partial charge is 0.448 e. The van der Waals surface area contributed by atoms with Crippen molar-refractivity contribution in [2.45, 2.75) is 51.2 Å². The van der Waals surface area contributed by atoms with Gasteiger partial charge in [0, 0.05) is 13.0 Å². The topological polar surface area (TPSA) is 141 Å². The number of amides is 2. The van der Waals surface area contributed by atoms with E-state index >= 15 is 0 Å². The van der Waals surface area contributed by atoms with Crippen LogP contribution in [0.4, 0.5) is 10.5 Å². The molecule has 0 atom stereocenters. The Hall–Kier alpha value is -2.82. The Morgan fingerprint density at radius 3 is 2.69 bits per heavy atom. The predicted octanol–water partition coefficient (Wildman–Crippen LogP) is 4.34. The zero-order valence-electron chi connectivity index (χ0n) is 19.6. The third-order valence-electron chi connectivity index (χ3n) is 5.76. The molecule has 0 bridgehead atoms. The van der Waals surface area contributed by atoms with Crippen molar-refractivity contribution in [2.24, 2.45) is 10.7 Å². The lowest BCUT2D eigenvalue weighted by atomic mass is 9.83. The zero-order chi connectivity index (χ0) is 25.4. The quantitative estimate of drug-likeness (QED) is 0.264. The smallest absolute Gasteiger partial charge is 0.411 e. The monoisotopic (exact) mass is 525 g/mol. The second-order valence-corrected chi connectivity index (χ2v) is 8.91. The van der Waals surface area contributed by atoms with Gasteiger partial charge in [-0.25, -0.2) is 9.79 Å². The molecule has 2 aromatic rings. The van der Waals surface area contributed by atoms with Crippen LogP contribution in [0, 0.1) is 6.92 Å². The van der Waals surface area contributed by atoms with Crippen molar-refractivity contribution < 1.29 is 23.6 Å². The number of anilines is 1. The Bertz CT molecular complexity index is 1070. The molecule has 0 aliphatic heterocycles. The highest BCUT2D eigenvalue weighted by molar-refractivity contribution is 6.33. The maximum Gasteiger partial charge on any atom is 0.411 e. The van der Waals surface area contributed by atoms with E-state index in [0.717, 1.165) is 31.2 Å². The molecule has 10 nitrogen and oxygen atoms in total. The van der Waals surface area contributed by atoms with Gasteiger partial charge < -0.3 is 19.7 Å². The number of carbonyl (C=O) groups excluding carboxylic acids is 2. The SMILES string of the molecule is COC1CCC(c2noc(C)c2C(=O)NC(N)=NCc2ccc(NC(=O)OCCCl)c(Cl)c2)CC1. The summed E-state index contributed by atoms with van der Waals surface area (Å²) in [5, 5.41) is 9.59. The number of hydrogen-bond acceptors (Lipinski definition) is 7. The Morgan fingerprint density at radius 1 is 1.29 bits per heavy atom. The van der Waals surface area contributed by atoms with Crippen LogP contribution in [0.5, 0.6) is 0 Å². The molecule has 1 heterocycles. The van der Waals surface area contributed by atoms with E-state index in [4.69, 9.17) is 42.9 Å². The van der Waals surface area contributed by atoms with Crippen LogP contribution in [0.25, 0.3) is 0 Å². The molecule has 1 aliphatic carbocycles. The average Bonchev–Trinajstić information content (AvgIpc) is 3.24. The fraction of sp³-hybridized carbons (Fsp3) is 0.478. The molecule has 35 heavy (non-hydrogen) atoms. The van der Waals surface area contributed by atoms with E-state index in [9.17, 15) is 9.59 Å². The van der Waals surface area contributed by atoms with E-state index in [-0.39, 0.29) is 37.0 Å². The Kier molecular flexibility index (Phi) is 9.76. The summed E-state index contributed by atoms with van der Waals surface area (Å²) in [4.78, 5) is 28.8. The molecule has 190 valence electrons. The fourth-order valence-electron chi connectivity index (χ4n) is 3.95. The van der Waals surface area contributed by atoms with Gasteiger partial charge in [0.2, 0.25) is 0 Å². The van der Waals surface area contributed by atoms with E-state index in [1.807, 2.05) is 0 Å². The van der Waals surface area contributed by atoms with Gasteiger partial charge in [-0.3, -0.25) is 15.4 Å². The first kappa shape index (κ1) is 26.8. The van der Waals surface area contributed by atoms with Gasteiger partial charge in [0.15, 0.2) is 5.96 Å². The second-order valence-electron chi connectivity index (χ2n) is 8.13. The standard InChI is InChI=1S/C23H29Cl2N5O5/c1-13-19(20(30-35-13)15-4-6-16(33-2)7-5-15)21(31)29-22(26)27-12-14-3-8-18(17(25)11-14)28-23(32)34-10-9-24/h3,8,11,15-16H,4-7,9-10,12H2,1-2H3,(H,28,32)(H3,26,27,29,31). The van der Waals surface area contributed by atoms with Gasteiger partial charge in [-0.2, -0.15) is 0 Å². The van der Waals surface area contributed by atoms with E-state index in [0.29, 0.717) is 27.7 Å². The lowest BCUT2D eigenvalue weighted by Gasteiger charge is -2.26. The first-order valence-electron chi connectivity index (χ1n) is 11.2. The lowest BCUT2D eigenvalue weighted by molar-refractivity contribution is 0.0651. The maximum atomic E-state index is 12.9. The number of carbonyl (C=O) groups is 2. The number of ether oxygens (including phenoxy) is 2. The zero-order valence-corrected chi connectivity index (χ0v) is 21.1. The summed E-state index contributed by atoms with van der Waals surface area (Å²) < 4.78 is 15.6. The van der Waals surface area contributed by atoms with Crippen molar-refractivity contribution in [3.05, 3.63) is 45.8 Å². The molecule has 1 fully saturated rings. The van der Waals surface area contributed by atoms with Gasteiger partial charge in [-0.1, -0.05) is 22.8 Å². The van der Waals surface area contributed by atoms with Gasteiger partial charge >= 0.3 is 6.09 Å². The van der Waals surface area contributed by atoms with Gasteiger partial charge in [0.1, 0.15) is 17.9 Å². The van der Waals surface area contributed by atoms with Crippen LogP contribution in [0.2, 0.25) is 5.02 Å². The Morgan fingerprint density at radius 2 is 2.03 bits per heavy atom. The molecule has 0 spiro atoms. The van der Waals surface area contributed by atoms with E-state index in [1.165, 1.54) is 0 Å². The van der Waals surface area contributed by atoms with Crippen molar-refractivity contribution in [1.29, 1.82) is 0 Å². The molecule has 0 saturated heterocycles. The highest BCUT2D eigenvalue weighted by atomic mass is 35.5. The van der Waals surface area contributed by atoms with Crippen LogP contribution < -0.4 is 16.4 Å². The van der Waals surface area contributed by atoms with Gasteiger partial charge in [0.25, 0.3) is 5.91 Å². The first-order valence-corrected chi connectivity index (χ1v) is 12.1. The van der Waals surface area contributed by atoms with E-state index < -0.39 is 12.0 Å². The molecule has 0 unspecified atom stereocenters. The number of aryl methyl sites for hydroxylation is 1. The Balaban J connectivity index is 1.60. The van der Waals surface area contributed by atoms with E-state index in [2.05, 4.69) is 20.8 Å². The minimum Gasteiger partial charge on any atom is -0.448 e. The minimum absolute atomic E-state index is 0.0485. The number of guanidine groups is 1. The molecule has 3 rings (SSSR count). The van der Waals surface area contributed by atoms with Crippen molar-refractivity contribution in [3.8, 4) is 0 Å². The van der Waals surface area contributed by atoms with Crippen molar-refractivity contribution >= 4 is 46.8 Å². The number of benzene rings is 1. The van der Waals surface area contributed by atoms with E-state index in [1.54, 1.807) is 32.2 Å². The number of hydrogen-bond donors (Lipinski definition) is 3. The van der Waals surface area contributed by atoms with Crippen molar-refractivity contribution in [2.75, 3.05) is 24.9 Å². The molecule has 4 N–H and O–H groups in total. The number of rotatable bonds is 8. The number of nitrogens with zero attached hydrogens (tertiary/aromatic N) is 2. The molecule has 0 radical (unpaired) electrons. The molecule has 1 aliphatic rings. The number of nitrogens with one attached hydrogen (secondary N) is 2. The van der Waals surface area contributed by atoms with Gasteiger partial charge in [-0.05, 0) is 50.3 Å². The summed E-state index contributed by atoms with van der Waals surface area (Å²) in [7, 11) is 1.71. The summed E-state index contributed by atoms with van der Waals surface area (Å²) in [5.74, 6) is 0.288. The number of halogens is 2. The maximum absolute atomic E-state index is 12.9. The summed E-state index contributed by atoms with van der Waals surface area (Å²) in [6.45, 7) is 1.95. The highest BCUT2D eigenvalue weighted by Gasteiger charge is 2.30. The number of alkyl halides is 1. The first-order chi connectivity index (χ1) is 16.8. The predicted molar refractivity (Wildman–Crippen MR) is 133 cm³/mol. The third kappa shape index (κ3) is 7.33. The number of aliphatic imine (C=N–C) groups is 1. The van der Waals surface area contributed by atoms with Crippen LogP contribution in [0.3, 0.4) is 0 Å². The molecule has 12 heteroatoms. The number of methoxy groups -OCH3 is 1. The molecular weight excluding hydrogens is 497 g/mol. The Labute approximate surface area is 213 Å². The summed E-state index contributed by atoms with van der Waals surface area (Å²) in [6, 6.07) is 4.98. The highest BCUT2D eigenvalue weighted by Crippen LogP contribution is 2.35. The molecular formula is C23H29Cl2N5O5. The summed E-state index contributed by atoms with van der Waals surface area (Å²) in [6.07, 6.45) is 3.13. The minimum atomic E-state index is -0.652.